The molecular weight excluding hydrogens is 608 g/mol. The van der Waals surface area contributed by atoms with E-state index in [1.165, 1.54) is 23.6 Å². The van der Waals surface area contributed by atoms with Crippen LogP contribution < -0.4 is 10.6 Å². The second-order valence-electron chi connectivity index (χ2n) is 12.8. The van der Waals surface area contributed by atoms with Crippen LogP contribution in [0.2, 0.25) is 0 Å². The third kappa shape index (κ3) is 5.14. The van der Waals surface area contributed by atoms with Gasteiger partial charge in [0.1, 0.15) is 37.2 Å². The van der Waals surface area contributed by atoms with Gasteiger partial charge in [0.25, 0.3) is 0 Å². The molecule has 0 bridgehead atoms. The van der Waals surface area contributed by atoms with Gasteiger partial charge in [0.15, 0.2) is 15.5 Å². The predicted molar refractivity (Wildman–Crippen MR) is 173 cm³/mol. The lowest BCUT2D eigenvalue weighted by Gasteiger charge is -2.70. The van der Waals surface area contributed by atoms with Crippen LogP contribution in [0.15, 0.2) is 24.3 Å². The Bertz CT molecular complexity index is 1830. The number of ether oxygens (including phenoxy) is 1. The number of hydrogen-bond acceptors (Lipinski definition) is 8. The van der Waals surface area contributed by atoms with Crippen LogP contribution in [0.4, 0.5) is 24.7 Å². The zero-order valence-corrected chi connectivity index (χ0v) is 25.6. The fraction of sp³-hybridized carbons (Fsp3) is 0.520. The average molecular weight is 629 g/mol. The number of aromatic nitrogens is 3. The molecule has 0 amide bonds. The van der Waals surface area contributed by atoms with Crippen molar-refractivity contribution in [3.8, 4) is 0 Å². The summed E-state index contributed by atoms with van der Waals surface area (Å²) in [6.07, 6.45) is -4.66. The number of imidazole rings is 1. The van der Waals surface area contributed by atoms with E-state index in [-0.39, 0.29) is 52.6 Å². The number of rotatable bonds is 5. The van der Waals surface area contributed by atoms with Gasteiger partial charge in [0.05, 0.1) is 65.5 Å². The van der Waals surface area contributed by atoms with Crippen molar-refractivity contribution in [1.82, 2.24) is 19.5 Å². The van der Waals surface area contributed by atoms with E-state index in [9.17, 15) is 21.6 Å². The summed E-state index contributed by atoms with van der Waals surface area (Å²) in [4.78, 5) is 7.54. The van der Waals surface area contributed by atoms with Gasteiger partial charge < -0.3 is 15.4 Å². The molecule has 1 spiro atoms. The number of anilines is 2. The van der Waals surface area contributed by atoms with Crippen LogP contribution in [-0.4, -0.2) is 137 Å². The summed E-state index contributed by atoms with van der Waals surface area (Å²) in [6, 6.07) is 5.15. The van der Waals surface area contributed by atoms with E-state index in [4.69, 9.17) is 78.2 Å². The first-order valence-corrected chi connectivity index (χ1v) is 15.8. The van der Waals surface area contributed by atoms with E-state index in [1.807, 2.05) is 4.90 Å². The van der Waals surface area contributed by atoms with Crippen molar-refractivity contribution < 1.29 is 26.3 Å². The molecule has 2 N–H and O–H groups in total. The smallest absolute Gasteiger partial charge is 0.405 e. The maximum Gasteiger partial charge on any atom is 0.416 e. The lowest BCUT2D eigenvalue weighted by atomic mass is 9.30. The Morgan fingerprint density at radius 1 is 1.00 bits per heavy atom. The molecule has 6 rings (SSSR count). The number of nitrogens with two attached hydrogens (primary N) is 1. The fourth-order valence-electron chi connectivity index (χ4n) is 6.67. The number of benzene rings is 1. The first kappa shape index (κ1) is 33.5. The summed E-state index contributed by atoms with van der Waals surface area (Å²) in [5.74, 6) is -0.0108. The Morgan fingerprint density at radius 3 is 2.13 bits per heavy atom. The molecular formula is C25H21B8F3N6O3S. The zero-order chi connectivity index (χ0) is 34.0. The maximum absolute atomic E-state index is 13.8. The number of fused-ring (bicyclic) bond motifs is 1. The highest BCUT2D eigenvalue weighted by Crippen LogP contribution is 2.44. The molecule has 3 saturated heterocycles. The molecule has 0 saturated carbocycles. The van der Waals surface area contributed by atoms with Crippen LogP contribution in [-0.2, 0) is 33.7 Å². The lowest BCUT2D eigenvalue weighted by molar-refractivity contribution is -0.138. The van der Waals surface area contributed by atoms with Crippen molar-refractivity contribution in [3.05, 3.63) is 52.3 Å². The second-order valence-corrected chi connectivity index (χ2v) is 14.9. The zero-order valence-electron chi connectivity index (χ0n) is 24.8. The van der Waals surface area contributed by atoms with Gasteiger partial charge in [0, 0.05) is 37.5 Å². The number of sulfone groups is 1. The molecule has 0 aliphatic carbocycles. The molecule has 220 valence electrons. The largest absolute Gasteiger partial charge is 0.416 e. The first-order valence-electron chi connectivity index (χ1n) is 14.0. The summed E-state index contributed by atoms with van der Waals surface area (Å²) in [7, 11) is 46.4. The molecule has 2 aromatic heterocycles. The second kappa shape index (κ2) is 10.1. The van der Waals surface area contributed by atoms with Gasteiger partial charge in [0.2, 0.25) is 0 Å². The third-order valence-electron chi connectivity index (χ3n) is 8.99. The van der Waals surface area contributed by atoms with Gasteiger partial charge in [-0.3, -0.25) is 4.90 Å². The Balaban J connectivity index is 1.48. The number of alkyl halides is 3. The van der Waals surface area contributed by atoms with Gasteiger partial charge >= 0.3 is 6.18 Å². The highest BCUT2D eigenvalue weighted by molar-refractivity contribution is 7.92. The molecule has 3 fully saturated rings. The third-order valence-corrected chi connectivity index (χ3v) is 11.1. The lowest BCUT2D eigenvalue weighted by Crippen LogP contribution is -2.86. The molecule has 3 aromatic rings. The minimum Gasteiger partial charge on any atom is -0.405 e. The quantitative estimate of drug-likeness (QED) is 0.332. The van der Waals surface area contributed by atoms with E-state index in [0.717, 1.165) is 11.0 Å². The molecule has 1 aromatic carbocycles. The minimum atomic E-state index is -4.59. The summed E-state index contributed by atoms with van der Waals surface area (Å²) >= 11 is 0. The molecule has 0 atom stereocenters. The van der Waals surface area contributed by atoms with Crippen LogP contribution >= 0.6 is 0 Å². The van der Waals surface area contributed by atoms with E-state index >= 15 is 0 Å². The Kier molecular flexibility index (Phi) is 7.34. The highest BCUT2D eigenvalue weighted by Gasteiger charge is 2.58. The molecule has 46 heavy (non-hydrogen) atoms. The number of halogens is 3. The molecule has 5 heterocycles. The van der Waals surface area contributed by atoms with Crippen molar-refractivity contribution in [2.75, 3.05) is 35.2 Å². The van der Waals surface area contributed by atoms with Gasteiger partial charge in [-0.15, -0.1) is 5.10 Å². The van der Waals surface area contributed by atoms with Crippen LogP contribution in [0.1, 0.15) is 28.1 Å². The highest BCUT2D eigenvalue weighted by atomic mass is 32.2. The predicted octanol–water partition coefficient (Wildman–Crippen LogP) is -1.74. The number of likely N-dealkylation sites (tertiary alicyclic amines) is 1. The van der Waals surface area contributed by atoms with Crippen LogP contribution in [0.25, 0.3) is 5.65 Å². The summed E-state index contributed by atoms with van der Waals surface area (Å²) < 4.78 is 71.7. The monoisotopic (exact) mass is 630 g/mol. The molecule has 9 nitrogen and oxygen atoms in total. The summed E-state index contributed by atoms with van der Waals surface area (Å²) in [5.41, 5.74) is 6.63. The number of nitrogens with zero attached hydrogens (tertiary/aromatic N) is 5. The normalized spacial score (nSPS) is 24.0. The standard InChI is InChI=1S/C25H21B8F3N6O3S/c1-12-13(3-2-4-14(12)21(34,35)36)5-17-16(7-40-8-20(9-40)10-46(43,44)11-20)38-19-15(37)6-18(39-41(17)19)42-22(26,27)24(30,31)45-25(32,33)23(42,28)29/h2-4,6H,5,7-11,37H2,1H3. The molecule has 0 unspecified atom stereocenters. The Hall–Kier alpha value is -2.38. The Morgan fingerprint density at radius 2 is 1.59 bits per heavy atom. The average Bonchev–Trinajstić information content (AvgIpc) is 3.18. The van der Waals surface area contributed by atoms with E-state index in [1.54, 1.807) is 6.07 Å². The summed E-state index contributed by atoms with van der Waals surface area (Å²) in [6.45, 7) is 2.60. The van der Waals surface area contributed by atoms with Gasteiger partial charge in [-0.1, -0.05) is 12.1 Å². The van der Waals surface area contributed by atoms with E-state index in [2.05, 4.69) is 5.10 Å². The van der Waals surface area contributed by atoms with Gasteiger partial charge in [-0.05, 0) is 45.6 Å². The van der Waals surface area contributed by atoms with Gasteiger partial charge in [-0.2, -0.15) is 13.2 Å². The first-order chi connectivity index (χ1) is 20.9. The molecule has 16 radical (unpaired) electrons. The van der Waals surface area contributed by atoms with Crippen molar-refractivity contribution in [3.63, 3.8) is 0 Å². The van der Waals surface area contributed by atoms with Crippen molar-refractivity contribution in [1.29, 1.82) is 0 Å². The minimum absolute atomic E-state index is 0.00810. The van der Waals surface area contributed by atoms with Crippen molar-refractivity contribution in [2.24, 2.45) is 5.41 Å². The van der Waals surface area contributed by atoms with E-state index in [0.29, 0.717) is 30.0 Å². The van der Waals surface area contributed by atoms with Crippen molar-refractivity contribution in [2.45, 2.75) is 47.5 Å². The molecule has 3 aliphatic rings. The number of morpholine rings is 1. The fourth-order valence-corrected chi connectivity index (χ4v) is 8.82. The van der Waals surface area contributed by atoms with E-state index < -0.39 is 43.1 Å². The molecule has 21 heteroatoms. The molecule has 3 aliphatic heterocycles. The van der Waals surface area contributed by atoms with Crippen molar-refractivity contribution >= 4 is 89.8 Å². The SMILES string of the molecule is [B]C1([B])OC([B])([B])C([B])([B])N(c2cc(N)c3nc(CN4CC5(C4)CS(=O)(=O)C5)c(Cc4cccc(C(F)(F)F)c4C)n3n2)C1([B])[B]. The topological polar surface area (TPSA) is 106 Å². The number of hydrogen-bond donors (Lipinski definition) is 1. The Labute approximate surface area is 275 Å². The summed E-state index contributed by atoms with van der Waals surface area (Å²) in [5, 5.41) is -5.07. The maximum atomic E-state index is 13.8. The van der Waals surface area contributed by atoms with Crippen LogP contribution in [0.3, 0.4) is 0 Å². The van der Waals surface area contributed by atoms with Crippen LogP contribution in [0.5, 0.6) is 0 Å². The van der Waals surface area contributed by atoms with Crippen LogP contribution in [0, 0.1) is 12.3 Å². The number of nitrogen functional groups attached to an aromatic ring is 1. The van der Waals surface area contributed by atoms with Gasteiger partial charge in [-0.25, -0.2) is 17.9 Å².